The summed E-state index contributed by atoms with van der Waals surface area (Å²) in [6, 6.07) is 13.5. The molecule has 8 heteroatoms. The first-order valence-electron chi connectivity index (χ1n) is 10.4. The molecule has 0 aliphatic carbocycles. The average Bonchev–Trinajstić information content (AvgIpc) is 2.80. The maximum atomic E-state index is 6.42. The molecule has 1 aliphatic heterocycles. The van der Waals surface area contributed by atoms with E-state index < -0.39 is 0 Å². The fourth-order valence-corrected chi connectivity index (χ4v) is 3.95. The third-order valence-electron chi connectivity index (χ3n) is 5.26. The first-order chi connectivity index (χ1) is 15.1. The topological polar surface area (TPSA) is 46.2 Å². The van der Waals surface area contributed by atoms with Crippen molar-refractivity contribution in [3.63, 3.8) is 0 Å². The molecule has 1 fully saturated rings. The van der Waals surface area contributed by atoms with E-state index in [0.29, 0.717) is 17.4 Å². The Labute approximate surface area is 195 Å². The van der Waals surface area contributed by atoms with Gasteiger partial charge in [0.05, 0.1) is 33.1 Å². The molecule has 6 nitrogen and oxygen atoms in total. The van der Waals surface area contributed by atoms with E-state index in [2.05, 4.69) is 15.1 Å². The highest BCUT2D eigenvalue weighted by atomic mass is 35.5. The predicted molar refractivity (Wildman–Crippen MR) is 130 cm³/mol. The van der Waals surface area contributed by atoms with Crippen LogP contribution >= 0.6 is 23.8 Å². The average molecular weight is 464 g/mol. The Morgan fingerprint density at radius 1 is 1.16 bits per heavy atom. The van der Waals surface area contributed by atoms with E-state index in [9.17, 15) is 0 Å². The van der Waals surface area contributed by atoms with Crippen LogP contribution in [0.2, 0.25) is 5.02 Å². The van der Waals surface area contributed by atoms with Crippen molar-refractivity contribution in [1.82, 2.24) is 9.80 Å². The van der Waals surface area contributed by atoms with Gasteiger partial charge in [0.15, 0.2) is 5.11 Å². The van der Waals surface area contributed by atoms with E-state index in [-0.39, 0.29) is 0 Å². The predicted octanol–water partition coefficient (Wildman–Crippen LogP) is 4.28. The van der Waals surface area contributed by atoms with Crippen molar-refractivity contribution < 1.29 is 14.2 Å². The van der Waals surface area contributed by atoms with Crippen LogP contribution in [0, 0.1) is 0 Å². The van der Waals surface area contributed by atoms with Gasteiger partial charge in [0, 0.05) is 43.8 Å². The van der Waals surface area contributed by atoms with Gasteiger partial charge in [-0.15, -0.1) is 0 Å². The summed E-state index contributed by atoms with van der Waals surface area (Å²) in [4.78, 5) is 4.58. The van der Waals surface area contributed by atoms with Gasteiger partial charge in [-0.05, 0) is 42.4 Å². The quantitative estimate of drug-likeness (QED) is 0.557. The van der Waals surface area contributed by atoms with Crippen LogP contribution < -0.4 is 14.8 Å². The zero-order valence-corrected chi connectivity index (χ0v) is 19.7. The number of hydrogen-bond acceptors (Lipinski definition) is 5. The highest BCUT2D eigenvalue weighted by Crippen LogP contribution is 2.29. The molecule has 0 atom stereocenters. The van der Waals surface area contributed by atoms with Crippen molar-refractivity contribution in [3.8, 4) is 11.5 Å². The van der Waals surface area contributed by atoms with Crippen LogP contribution in [0.4, 0.5) is 5.69 Å². The number of halogens is 1. The van der Waals surface area contributed by atoms with Crippen molar-refractivity contribution in [1.29, 1.82) is 0 Å². The van der Waals surface area contributed by atoms with Gasteiger partial charge in [0.1, 0.15) is 11.5 Å². The SMILES string of the molecule is COc1ccc(NC(=S)N(CCCN2CCOCC2)Cc2ccccc2Cl)c(OC)c1. The number of methoxy groups -OCH3 is 2. The number of nitrogens with one attached hydrogen (secondary N) is 1. The minimum Gasteiger partial charge on any atom is -0.497 e. The Kier molecular flexibility index (Phi) is 9.21. The molecule has 0 spiro atoms. The molecule has 0 amide bonds. The number of thiocarbonyl (C=S) groups is 1. The van der Waals surface area contributed by atoms with Crippen molar-refractivity contribution in [2.45, 2.75) is 13.0 Å². The minimum absolute atomic E-state index is 0.630. The Balaban J connectivity index is 1.69. The van der Waals surface area contributed by atoms with E-state index in [1.54, 1.807) is 14.2 Å². The molecule has 2 aromatic rings. The fraction of sp³-hybridized carbons (Fsp3) is 0.435. The molecule has 0 radical (unpaired) electrons. The first kappa shape index (κ1) is 23.6. The van der Waals surface area contributed by atoms with Gasteiger partial charge in [-0.3, -0.25) is 4.90 Å². The second-order valence-corrected chi connectivity index (χ2v) is 8.11. The van der Waals surface area contributed by atoms with E-state index in [1.165, 1.54) is 0 Å². The third-order valence-corrected chi connectivity index (χ3v) is 5.99. The molecule has 168 valence electrons. The lowest BCUT2D eigenvalue weighted by atomic mass is 10.2. The second-order valence-electron chi connectivity index (χ2n) is 7.32. The van der Waals surface area contributed by atoms with Crippen LogP contribution in [-0.4, -0.2) is 68.5 Å². The third kappa shape index (κ3) is 6.97. The summed E-state index contributed by atoms with van der Waals surface area (Å²) in [5.41, 5.74) is 1.84. The highest BCUT2D eigenvalue weighted by Gasteiger charge is 2.16. The number of morpholine rings is 1. The summed E-state index contributed by atoms with van der Waals surface area (Å²) in [5, 5.41) is 4.71. The number of anilines is 1. The van der Waals surface area contributed by atoms with Crippen LogP contribution in [0.15, 0.2) is 42.5 Å². The Hall–Kier alpha value is -2.06. The largest absolute Gasteiger partial charge is 0.497 e. The number of hydrogen-bond donors (Lipinski definition) is 1. The summed E-state index contributed by atoms with van der Waals surface area (Å²) < 4.78 is 16.2. The van der Waals surface area contributed by atoms with Crippen LogP contribution in [0.1, 0.15) is 12.0 Å². The van der Waals surface area contributed by atoms with Gasteiger partial charge >= 0.3 is 0 Å². The number of ether oxygens (including phenoxy) is 3. The molecule has 31 heavy (non-hydrogen) atoms. The maximum absolute atomic E-state index is 6.42. The molecule has 0 saturated carbocycles. The lowest BCUT2D eigenvalue weighted by molar-refractivity contribution is 0.0368. The summed E-state index contributed by atoms with van der Waals surface area (Å²) in [7, 11) is 3.26. The Morgan fingerprint density at radius 2 is 1.94 bits per heavy atom. The van der Waals surface area contributed by atoms with Gasteiger partial charge in [0.25, 0.3) is 0 Å². The summed E-state index contributed by atoms with van der Waals surface area (Å²) >= 11 is 12.2. The van der Waals surface area contributed by atoms with Crippen molar-refractivity contribution in [2.24, 2.45) is 0 Å². The zero-order chi connectivity index (χ0) is 22.1. The van der Waals surface area contributed by atoms with Crippen molar-refractivity contribution in [3.05, 3.63) is 53.1 Å². The normalized spacial score (nSPS) is 14.2. The molecule has 0 unspecified atom stereocenters. The molecule has 0 aromatic heterocycles. The van der Waals surface area contributed by atoms with Crippen LogP contribution in [0.25, 0.3) is 0 Å². The van der Waals surface area contributed by atoms with E-state index >= 15 is 0 Å². The molecule has 2 aromatic carbocycles. The molecule has 1 aliphatic rings. The highest BCUT2D eigenvalue weighted by molar-refractivity contribution is 7.80. The lowest BCUT2D eigenvalue weighted by Crippen LogP contribution is -2.40. The van der Waals surface area contributed by atoms with Crippen molar-refractivity contribution in [2.75, 3.05) is 58.9 Å². The lowest BCUT2D eigenvalue weighted by Gasteiger charge is -2.30. The number of nitrogens with zero attached hydrogens (tertiary/aromatic N) is 2. The molecule has 3 rings (SSSR count). The van der Waals surface area contributed by atoms with Gasteiger partial charge in [0.2, 0.25) is 0 Å². The van der Waals surface area contributed by atoms with Crippen LogP contribution in [0.3, 0.4) is 0 Å². The van der Waals surface area contributed by atoms with Crippen LogP contribution in [0.5, 0.6) is 11.5 Å². The van der Waals surface area contributed by atoms with Crippen LogP contribution in [-0.2, 0) is 11.3 Å². The summed E-state index contributed by atoms with van der Waals surface area (Å²) in [6.07, 6.45) is 0.992. The van der Waals surface area contributed by atoms with Gasteiger partial charge < -0.3 is 24.4 Å². The molecule has 1 saturated heterocycles. The standard InChI is InChI=1S/C23H30ClN3O3S/c1-28-19-8-9-21(22(16-19)29-2)25-23(31)27(17-18-6-3-4-7-20(18)24)11-5-10-26-12-14-30-15-13-26/h3-4,6-9,16H,5,10-15,17H2,1-2H3,(H,25,31). The Morgan fingerprint density at radius 3 is 2.65 bits per heavy atom. The number of rotatable bonds is 9. The van der Waals surface area contributed by atoms with Gasteiger partial charge in [-0.25, -0.2) is 0 Å². The Bertz CT molecular complexity index is 862. The monoisotopic (exact) mass is 463 g/mol. The molecule has 1 heterocycles. The maximum Gasteiger partial charge on any atom is 0.173 e. The molecular formula is C23H30ClN3O3S. The zero-order valence-electron chi connectivity index (χ0n) is 18.1. The summed E-state index contributed by atoms with van der Waals surface area (Å²) in [5.74, 6) is 1.40. The molecule has 0 bridgehead atoms. The van der Waals surface area contributed by atoms with E-state index in [4.69, 9.17) is 38.0 Å². The summed E-state index contributed by atoms with van der Waals surface area (Å²) in [6.45, 7) is 6.03. The smallest absolute Gasteiger partial charge is 0.173 e. The van der Waals surface area contributed by atoms with Gasteiger partial charge in [-0.1, -0.05) is 29.8 Å². The van der Waals surface area contributed by atoms with E-state index in [1.807, 2.05) is 42.5 Å². The molecular weight excluding hydrogens is 434 g/mol. The number of benzene rings is 2. The first-order valence-corrected chi connectivity index (χ1v) is 11.2. The fourth-order valence-electron chi connectivity index (χ4n) is 3.49. The van der Waals surface area contributed by atoms with Crippen molar-refractivity contribution >= 4 is 34.6 Å². The minimum atomic E-state index is 0.630. The molecule has 1 N–H and O–H groups in total. The second kappa shape index (κ2) is 12.1. The van der Waals surface area contributed by atoms with Gasteiger partial charge in [-0.2, -0.15) is 0 Å². The van der Waals surface area contributed by atoms with E-state index in [0.717, 1.165) is 67.8 Å².